The van der Waals surface area contributed by atoms with Gasteiger partial charge in [0.05, 0.1) is 11.0 Å². The Kier molecular flexibility index (Phi) is 4.98. The van der Waals surface area contributed by atoms with Gasteiger partial charge in [0.2, 0.25) is 0 Å². The van der Waals surface area contributed by atoms with E-state index >= 15 is 0 Å². The van der Waals surface area contributed by atoms with E-state index in [4.69, 9.17) is 10.7 Å². The summed E-state index contributed by atoms with van der Waals surface area (Å²) in [5.41, 5.74) is 9.85. The molecule has 3 aromatic rings. The molecule has 2 aromatic heterocycles. The zero-order chi connectivity index (χ0) is 22.6. The summed E-state index contributed by atoms with van der Waals surface area (Å²) < 4.78 is 42.0. The van der Waals surface area contributed by atoms with E-state index in [9.17, 15) is 18.0 Å². The summed E-state index contributed by atoms with van der Waals surface area (Å²) in [6.07, 6.45) is -2.11. The van der Waals surface area contributed by atoms with E-state index < -0.39 is 12.3 Å². The smallest absolute Gasteiger partial charge is 0.406 e. The summed E-state index contributed by atoms with van der Waals surface area (Å²) in [4.78, 5) is 20.0. The van der Waals surface area contributed by atoms with Crippen LogP contribution in [0.5, 0.6) is 5.75 Å². The molecule has 3 N–H and O–H groups in total. The molecular weight excluding hydrogens is 407 g/mol. The molecule has 0 saturated heterocycles. The molecule has 1 aliphatic rings. The van der Waals surface area contributed by atoms with Crippen molar-refractivity contribution in [3.8, 4) is 16.9 Å². The predicted octanol–water partition coefficient (Wildman–Crippen LogP) is 5.38. The molecule has 31 heavy (non-hydrogen) atoms. The number of fused-ring (bicyclic) bond motifs is 2. The van der Waals surface area contributed by atoms with Crippen molar-refractivity contribution in [1.82, 2.24) is 9.97 Å². The number of primary amides is 1. The summed E-state index contributed by atoms with van der Waals surface area (Å²) in [6.45, 7) is 6.67. The van der Waals surface area contributed by atoms with Crippen molar-refractivity contribution in [2.24, 2.45) is 17.1 Å². The fourth-order valence-corrected chi connectivity index (χ4v) is 4.32. The first-order valence-corrected chi connectivity index (χ1v) is 10.1. The Morgan fingerprint density at radius 1 is 1.23 bits per heavy atom. The average Bonchev–Trinajstić information content (AvgIpc) is 3.02. The van der Waals surface area contributed by atoms with Crippen LogP contribution in [0.15, 0.2) is 30.3 Å². The number of nitrogens with two attached hydrogens (primary N) is 1. The first kappa shape index (κ1) is 21.2. The van der Waals surface area contributed by atoms with Crippen LogP contribution in [-0.4, -0.2) is 22.2 Å². The van der Waals surface area contributed by atoms with Gasteiger partial charge in [-0.1, -0.05) is 32.9 Å². The summed E-state index contributed by atoms with van der Waals surface area (Å²) in [5, 5.41) is 0. The van der Waals surface area contributed by atoms with Crippen LogP contribution in [0.3, 0.4) is 0 Å². The highest BCUT2D eigenvalue weighted by atomic mass is 19.4. The lowest BCUT2D eigenvalue weighted by Crippen LogP contribution is -2.27. The molecule has 164 valence electrons. The number of ether oxygens (including phenoxy) is 1. The summed E-state index contributed by atoms with van der Waals surface area (Å²) >= 11 is 0. The molecule has 0 spiro atoms. The van der Waals surface area contributed by atoms with Gasteiger partial charge in [-0.05, 0) is 59.9 Å². The Bertz CT molecular complexity index is 1160. The number of halogens is 3. The lowest BCUT2D eigenvalue weighted by molar-refractivity contribution is -0.274. The molecule has 4 rings (SSSR count). The van der Waals surface area contributed by atoms with E-state index in [-0.39, 0.29) is 16.9 Å². The summed E-state index contributed by atoms with van der Waals surface area (Å²) in [7, 11) is 0. The monoisotopic (exact) mass is 431 g/mol. The molecule has 1 aliphatic carbocycles. The van der Waals surface area contributed by atoms with Crippen molar-refractivity contribution >= 4 is 16.9 Å². The van der Waals surface area contributed by atoms with Crippen LogP contribution < -0.4 is 10.5 Å². The van der Waals surface area contributed by atoms with E-state index in [1.165, 1.54) is 18.2 Å². The first-order valence-electron chi connectivity index (χ1n) is 10.1. The average molecular weight is 431 g/mol. The van der Waals surface area contributed by atoms with Crippen LogP contribution in [0.4, 0.5) is 13.2 Å². The van der Waals surface area contributed by atoms with Crippen molar-refractivity contribution in [3.05, 3.63) is 47.3 Å². The minimum Gasteiger partial charge on any atom is -0.406 e. The number of amides is 1. The maximum absolute atomic E-state index is 12.7. The number of hydrogen-bond acceptors (Lipinski definition) is 3. The number of H-pyrrole nitrogens is 1. The Morgan fingerprint density at radius 2 is 1.97 bits per heavy atom. The molecule has 8 heteroatoms. The molecule has 1 unspecified atom stereocenters. The number of aromatic amines is 1. The highest BCUT2D eigenvalue weighted by molar-refractivity contribution is 6.08. The minimum atomic E-state index is -4.81. The molecule has 5 nitrogen and oxygen atoms in total. The van der Waals surface area contributed by atoms with Gasteiger partial charge in [0.25, 0.3) is 5.91 Å². The maximum Gasteiger partial charge on any atom is 0.573 e. The number of carbonyl (C=O) groups excluding carboxylic acids is 1. The first-order chi connectivity index (χ1) is 14.4. The fourth-order valence-electron chi connectivity index (χ4n) is 4.32. The molecular formula is C23H24F3N3O2. The van der Waals surface area contributed by atoms with Gasteiger partial charge >= 0.3 is 6.36 Å². The Hall–Kier alpha value is -3.03. The second-order valence-corrected chi connectivity index (χ2v) is 9.11. The fraction of sp³-hybridized carbons (Fsp3) is 0.391. The molecule has 0 bridgehead atoms. The number of benzene rings is 1. The molecule has 0 fully saturated rings. The van der Waals surface area contributed by atoms with Crippen molar-refractivity contribution < 1.29 is 22.7 Å². The minimum absolute atomic E-state index is 0.112. The molecule has 0 aliphatic heterocycles. The van der Waals surface area contributed by atoms with Gasteiger partial charge in [0.1, 0.15) is 11.4 Å². The quantitative estimate of drug-likeness (QED) is 0.584. The number of rotatable bonds is 3. The number of alkyl halides is 3. The molecule has 2 heterocycles. The number of nitrogens with zero attached hydrogens (tertiary/aromatic N) is 1. The Balaban J connectivity index is 1.84. The van der Waals surface area contributed by atoms with Crippen LogP contribution in [0.25, 0.3) is 22.2 Å². The highest BCUT2D eigenvalue weighted by Gasteiger charge is 2.32. The van der Waals surface area contributed by atoms with Gasteiger partial charge in [-0.15, -0.1) is 13.2 Å². The van der Waals surface area contributed by atoms with Gasteiger partial charge in [-0.3, -0.25) is 9.78 Å². The third-order valence-electron chi connectivity index (χ3n) is 5.96. The lowest BCUT2D eigenvalue weighted by atomic mass is 9.71. The number of aromatic nitrogens is 2. The number of aryl methyl sites for hydroxylation is 1. The normalized spacial score (nSPS) is 16.9. The second-order valence-electron chi connectivity index (χ2n) is 9.11. The summed E-state index contributed by atoms with van der Waals surface area (Å²) in [5.74, 6) is -0.568. The summed E-state index contributed by atoms with van der Waals surface area (Å²) in [6, 6.07) is 7.47. The molecule has 1 aromatic carbocycles. The van der Waals surface area contributed by atoms with Gasteiger partial charge < -0.3 is 15.5 Å². The van der Waals surface area contributed by atoms with Gasteiger partial charge in [0.15, 0.2) is 0 Å². The Labute approximate surface area is 177 Å². The molecule has 1 atom stereocenters. The van der Waals surface area contributed by atoms with Crippen molar-refractivity contribution in [3.63, 3.8) is 0 Å². The Morgan fingerprint density at radius 3 is 2.61 bits per heavy atom. The SMILES string of the molecule is CC(C)(C)C1CCc2nc3c(-c4cccc(OC(F)(F)F)c4)c(C(N)=O)[nH]c3cc2C1. The second kappa shape index (κ2) is 7.28. The van der Waals surface area contributed by atoms with Gasteiger partial charge in [-0.2, -0.15) is 0 Å². The van der Waals surface area contributed by atoms with Crippen molar-refractivity contribution in [2.75, 3.05) is 0 Å². The topological polar surface area (TPSA) is 81.0 Å². The largest absolute Gasteiger partial charge is 0.573 e. The predicted molar refractivity (Wildman–Crippen MR) is 112 cm³/mol. The third-order valence-corrected chi connectivity index (χ3v) is 5.96. The number of nitrogens with one attached hydrogen (secondary N) is 1. The lowest BCUT2D eigenvalue weighted by Gasteiger charge is -2.34. The van der Waals surface area contributed by atoms with Crippen LogP contribution in [0.1, 0.15) is 48.9 Å². The van der Waals surface area contributed by atoms with Crippen LogP contribution in [0, 0.1) is 11.3 Å². The molecule has 0 saturated carbocycles. The number of carbonyl (C=O) groups is 1. The third kappa shape index (κ3) is 4.24. The van der Waals surface area contributed by atoms with Gasteiger partial charge in [-0.25, -0.2) is 0 Å². The number of hydrogen-bond donors (Lipinski definition) is 2. The zero-order valence-corrected chi connectivity index (χ0v) is 17.6. The number of pyridine rings is 1. The van der Waals surface area contributed by atoms with E-state index in [0.29, 0.717) is 28.1 Å². The molecule has 0 radical (unpaired) electrons. The van der Waals surface area contributed by atoms with Crippen molar-refractivity contribution in [2.45, 2.75) is 46.4 Å². The van der Waals surface area contributed by atoms with Crippen molar-refractivity contribution in [1.29, 1.82) is 0 Å². The van der Waals surface area contributed by atoms with E-state index in [0.717, 1.165) is 30.5 Å². The van der Waals surface area contributed by atoms with E-state index in [1.54, 1.807) is 6.07 Å². The standard InChI is InChI=1S/C23H24F3N3O2/c1-22(2,3)14-7-8-16-13(9-14)11-17-19(28-16)18(20(29-17)21(27)30)12-5-4-6-15(10-12)31-23(24,25)26/h4-6,10-11,14,29H,7-9H2,1-3H3,(H2,27,30). The van der Waals surface area contributed by atoms with Crippen LogP contribution >= 0.6 is 0 Å². The van der Waals surface area contributed by atoms with E-state index in [2.05, 4.69) is 30.5 Å². The maximum atomic E-state index is 12.7. The zero-order valence-electron chi connectivity index (χ0n) is 17.6. The highest BCUT2D eigenvalue weighted by Crippen LogP contribution is 2.40. The van der Waals surface area contributed by atoms with E-state index in [1.807, 2.05) is 6.07 Å². The van der Waals surface area contributed by atoms with Crippen LogP contribution in [-0.2, 0) is 12.8 Å². The van der Waals surface area contributed by atoms with Gasteiger partial charge in [0, 0.05) is 11.3 Å². The van der Waals surface area contributed by atoms with Crippen LogP contribution in [0.2, 0.25) is 0 Å². The molecule has 1 amide bonds.